The Balaban J connectivity index is 1.44. The lowest BCUT2D eigenvalue weighted by Gasteiger charge is -2.49. The van der Waals surface area contributed by atoms with Crippen molar-refractivity contribution in [2.24, 2.45) is 5.16 Å². The number of aryl methyl sites for hydroxylation is 1. The number of amides is 2. The maximum atomic E-state index is 13.0. The summed E-state index contributed by atoms with van der Waals surface area (Å²) in [6.07, 6.45) is 5.09. The van der Waals surface area contributed by atoms with Gasteiger partial charge in [0.05, 0.1) is 0 Å². The first-order valence-electron chi connectivity index (χ1n) is 11.1. The molecule has 38 heavy (non-hydrogen) atoms. The summed E-state index contributed by atoms with van der Waals surface area (Å²) in [6.45, 7) is 5.46. The van der Waals surface area contributed by atoms with Crippen molar-refractivity contribution in [3.05, 3.63) is 64.7 Å². The zero-order valence-corrected chi connectivity index (χ0v) is 22.5. The van der Waals surface area contributed by atoms with E-state index in [-0.39, 0.29) is 29.0 Å². The molecule has 2 aliphatic heterocycles. The number of rotatable bonds is 11. The minimum atomic E-state index is -1.20. The van der Waals surface area contributed by atoms with Crippen LogP contribution in [0.4, 0.5) is 5.13 Å². The van der Waals surface area contributed by atoms with Gasteiger partial charge in [0.2, 0.25) is 11.5 Å². The molecule has 2 aromatic heterocycles. The third kappa shape index (κ3) is 6.06. The molecule has 15 heteroatoms. The lowest BCUT2D eigenvalue weighted by Crippen LogP contribution is -2.71. The van der Waals surface area contributed by atoms with E-state index in [1.807, 2.05) is 30.5 Å². The summed E-state index contributed by atoms with van der Waals surface area (Å²) in [4.78, 5) is 52.5. The largest absolute Gasteiger partial charge is 0.477 e. The normalized spacial score (nSPS) is 19.2. The van der Waals surface area contributed by atoms with Crippen molar-refractivity contribution in [1.82, 2.24) is 24.6 Å². The Hall–Kier alpha value is -3.69. The predicted molar refractivity (Wildman–Crippen MR) is 147 cm³/mol. The highest BCUT2D eigenvalue weighted by Gasteiger charge is 2.54. The van der Waals surface area contributed by atoms with Gasteiger partial charge in [-0.25, -0.2) is 4.79 Å². The number of carbonyl (C=O) groups is 3. The Labute approximate surface area is 230 Å². The molecule has 2 aliphatic rings. The number of carboxylic acids is 1. The van der Waals surface area contributed by atoms with E-state index in [1.54, 1.807) is 6.20 Å². The van der Waals surface area contributed by atoms with Gasteiger partial charge in [-0.15, -0.1) is 23.5 Å². The average Bonchev–Trinajstić information content (AvgIpc) is 3.33. The Kier molecular flexibility index (Phi) is 8.81. The van der Waals surface area contributed by atoms with E-state index in [0.29, 0.717) is 17.1 Å². The fourth-order valence-corrected chi connectivity index (χ4v) is 6.23. The van der Waals surface area contributed by atoms with Gasteiger partial charge in [0.1, 0.15) is 23.7 Å². The van der Waals surface area contributed by atoms with Crippen molar-refractivity contribution in [2.45, 2.75) is 18.3 Å². The summed E-state index contributed by atoms with van der Waals surface area (Å²) in [7, 11) is 0. The van der Waals surface area contributed by atoms with Gasteiger partial charge in [-0.2, -0.15) is 9.36 Å². The van der Waals surface area contributed by atoms with Crippen LogP contribution < -0.4 is 11.1 Å². The highest BCUT2D eigenvalue weighted by atomic mass is 32.2. The SMILES string of the molecule is C=CCO/N=C(\C(=O)NC1C(=O)N2C(C(=O)O)=C(CS/C=C\c3ccc(C)nc3)CS[C@H]12)c1nsc(N)n1. The fraction of sp³-hybridized carbons (Fsp3) is 0.261. The minimum Gasteiger partial charge on any atom is -0.477 e. The van der Waals surface area contributed by atoms with Crippen LogP contribution in [0.5, 0.6) is 0 Å². The molecule has 1 saturated heterocycles. The molecule has 0 radical (unpaired) electrons. The number of nitrogens with one attached hydrogen (secondary N) is 1. The van der Waals surface area contributed by atoms with E-state index in [0.717, 1.165) is 22.8 Å². The summed E-state index contributed by atoms with van der Waals surface area (Å²) in [5, 5.41) is 17.7. The first-order chi connectivity index (χ1) is 18.3. The number of nitrogen functional groups attached to an aromatic ring is 1. The molecular formula is C23H23N7O5S3. The average molecular weight is 574 g/mol. The predicted octanol–water partition coefficient (Wildman–Crippen LogP) is 1.87. The van der Waals surface area contributed by atoms with E-state index in [2.05, 4.69) is 31.4 Å². The number of pyridine rings is 1. The van der Waals surface area contributed by atoms with Crippen LogP contribution in [0.1, 0.15) is 17.1 Å². The van der Waals surface area contributed by atoms with E-state index < -0.39 is 29.2 Å². The van der Waals surface area contributed by atoms with Crippen molar-refractivity contribution in [2.75, 3.05) is 23.8 Å². The molecule has 0 saturated carbocycles. The third-order valence-electron chi connectivity index (χ3n) is 5.30. The second-order valence-corrected chi connectivity index (χ2v) is 10.7. The molecule has 1 fully saturated rings. The van der Waals surface area contributed by atoms with E-state index >= 15 is 0 Å². The van der Waals surface area contributed by atoms with E-state index in [1.165, 1.54) is 34.5 Å². The van der Waals surface area contributed by atoms with Gasteiger partial charge in [-0.3, -0.25) is 19.5 Å². The Morgan fingerprint density at radius 2 is 2.26 bits per heavy atom. The first kappa shape index (κ1) is 27.3. The number of oxime groups is 1. The van der Waals surface area contributed by atoms with Gasteiger partial charge < -0.3 is 21.0 Å². The molecular weight excluding hydrogens is 550 g/mol. The van der Waals surface area contributed by atoms with Gasteiger partial charge in [0, 0.05) is 34.9 Å². The molecule has 2 atom stereocenters. The van der Waals surface area contributed by atoms with Crippen molar-refractivity contribution in [1.29, 1.82) is 0 Å². The van der Waals surface area contributed by atoms with Crippen LogP contribution in [0, 0.1) is 6.92 Å². The van der Waals surface area contributed by atoms with Crippen LogP contribution in [-0.2, 0) is 19.2 Å². The van der Waals surface area contributed by atoms with E-state index in [9.17, 15) is 19.5 Å². The maximum Gasteiger partial charge on any atom is 0.352 e. The number of nitrogens with zero attached hydrogens (tertiary/aromatic N) is 5. The molecule has 4 N–H and O–H groups in total. The number of hydrogen-bond donors (Lipinski definition) is 3. The number of carboxylic acid groups (broad SMARTS) is 1. The minimum absolute atomic E-state index is 0.0374. The summed E-state index contributed by atoms with van der Waals surface area (Å²) < 4.78 is 3.98. The smallest absolute Gasteiger partial charge is 0.352 e. The number of thioether (sulfide) groups is 2. The Morgan fingerprint density at radius 1 is 1.45 bits per heavy atom. The van der Waals surface area contributed by atoms with Crippen LogP contribution in [-0.4, -0.2) is 77.4 Å². The molecule has 0 spiro atoms. The second-order valence-electron chi connectivity index (χ2n) is 7.95. The molecule has 0 bridgehead atoms. The molecule has 4 heterocycles. The molecule has 0 aromatic carbocycles. The summed E-state index contributed by atoms with van der Waals surface area (Å²) in [5.74, 6) is -1.74. The topological polar surface area (TPSA) is 173 Å². The van der Waals surface area contributed by atoms with Crippen molar-refractivity contribution < 1.29 is 24.3 Å². The molecule has 4 rings (SSSR count). The number of aromatic nitrogens is 3. The lowest BCUT2D eigenvalue weighted by molar-refractivity contribution is -0.150. The summed E-state index contributed by atoms with van der Waals surface area (Å²) >= 11 is 3.67. The number of hydrogen-bond acceptors (Lipinski definition) is 12. The second kappa shape index (κ2) is 12.2. The van der Waals surface area contributed by atoms with Crippen LogP contribution in [0.25, 0.3) is 6.08 Å². The maximum absolute atomic E-state index is 13.0. The molecule has 12 nitrogen and oxygen atoms in total. The Bertz CT molecular complexity index is 1340. The quantitative estimate of drug-likeness (QED) is 0.118. The number of anilines is 1. The number of fused-ring (bicyclic) bond motifs is 1. The van der Waals surface area contributed by atoms with Crippen molar-refractivity contribution in [3.63, 3.8) is 0 Å². The van der Waals surface area contributed by atoms with Crippen LogP contribution in [0.15, 0.2) is 52.8 Å². The van der Waals surface area contributed by atoms with Crippen molar-refractivity contribution >= 4 is 69.8 Å². The fourth-order valence-electron chi connectivity index (χ4n) is 3.53. The zero-order valence-electron chi connectivity index (χ0n) is 20.1. The van der Waals surface area contributed by atoms with Crippen LogP contribution >= 0.6 is 35.1 Å². The number of carbonyl (C=O) groups excluding carboxylic acids is 2. The molecule has 2 amide bonds. The number of β-lactam (4-membered cyclic amide) rings is 1. The van der Waals surface area contributed by atoms with Gasteiger partial charge in [0.25, 0.3) is 11.8 Å². The standard InChI is InChI=1S/C23H23N7O5S3/c1-3-7-35-28-15(18-27-23(24)38-29-18)19(31)26-16-20(32)30-17(22(33)34)14(11-37-21(16)30)10-36-8-6-13-5-4-12(2)25-9-13/h3-6,8-9,16,21H,1,7,10-11H2,2H3,(H,26,31)(H,33,34)(H2,24,27,29)/b8-6-,28-15-/t16?,21-/m1/s1. The first-order valence-corrected chi connectivity index (χ1v) is 14.0. The number of nitrogens with two attached hydrogens (primary N) is 1. The third-order valence-corrected chi connectivity index (χ3v) is 8.03. The van der Waals surface area contributed by atoms with Crippen LogP contribution in [0.3, 0.4) is 0 Å². The molecule has 1 unspecified atom stereocenters. The van der Waals surface area contributed by atoms with Crippen molar-refractivity contribution in [3.8, 4) is 0 Å². The monoisotopic (exact) mass is 573 g/mol. The molecule has 0 aliphatic carbocycles. The van der Waals surface area contributed by atoms with Gasteiger partial charge >= 0.3 is 5.97 Å². The van der Waals surface area contributed by atoms with Gasteiger partial charge in [-0.05, 0) is 35.6 Å². The lowest BCUT2D eigenvalue weighted by atomic mass is 10.0. The van der Waals surface area contributed by atoms with Gasteiger partial charge in [0.15, 0.2) is 5.13 Å². The molecule has 2 aromatic rings. The highest BCUT2D eigenvalue weighted by molar-refractivity contribution is 8.02. The van der Waals surface area contributed by atoms with Gasteiger partial charge in [-0.1, -0.05) is 23.9 Å². The van der Waals surface area contributed by atoms with Crippen LogP contribution in [0.2, 0.25) is 0 Å². The van der Waals surface area contributed by atoms with E-state index in [4.69, 9.17) is 10.6 Å². The highest BCUT2D eigenvalue weighted by Crippen LogP contribution is 2.41. The molecule has 198 valence electrons. The summed E-state index contributed by atoms with van der Waals surface area (Å²) in [5.41, 5.74) is 7.78. The zero-order chi connectivity index (χ0) is 27.2. The number of aliphatic carboxylic acids is 1. The Morgan fingerprint density at radius 3 is 2.92 bits per heavy atom. The summed E-state index contributed by atoms with van der Waals surface area (Å²) in [6, 6.07) is 2.89.